The standard InChI is InChI=1S/C12H18ClN3O/c1-5-6-16(8(2)3)12-10(7-17)11(13)14-9(4)15-12/h7-8H,5-6H2,1-4H3. The molecule has 4 nitrogen and oxygen atoms in total. The molecule has 0 radical (unpaired) electrons. The lowest BCUT2D eigenvalue weighted by atomic mass is 10.2. The molecule has 17 heavy (non-hydrogen) atoms. The molecule has 0 aliphatic carbocycles. The van der Waals surface area contributed by atoms with E-state index < -0.39 is 0 Å². The molecule has 0 aliphatic heterocycles. The van der Waals surface area contributed by atoms with Gasteiger partial charge in [-0.15, -0.1) is 0 Å². The lowest BCUT2D eigenvalue weighted by Crippen LogP contribution is -2.33. The predicted molar refractivity (Wildman–Crippen MR) is 69.9 cm³/mol. The number of carbonyl (C=O) groups is 1. The SMILES string of the molecule is CCCN(c1nc(C)nc(Cl)c1C=O)C(C)C. The molecule has 0 amide bonds. The zero-order valence-electron chi connectivity index (χ0n) is 10.7. The summed E-state index contributed by atoms with van der Waals surface area (Å²) in [6.07, 6.45) is 1.71. The Kier molecular flexibility index (Phi) is 4.87. The minimum Gasteiger partial charge on any atom is -0.353 e. The van der Waals surface area contributed by atoms with Crippen LogP contribution in [0.2, 0.25) is 5.15 Å². The number of aryl methyl sites for hydroxylation is 1. The van der Waals surface area contributed by atoms with Gasteiger partial charge in [-0.2, -0.15) is 0 Å². The largest absolute Gasteiger partial charge is 0.353 e. The van der Waals surface area contributed by atoms with Crippen molar-refractivity contribution in [1.82, 2.24) is 9.97 Å². The van der Waals surface area contributed by atoms with E-state index in [9.17, 15) is 4.79 Å². The fourth-order valence-corrected chi connectivity index (χ4v) is 1.95. The van der Waals surface area contributed by atoms with Crippen LogP contribution in [0.1, 0.15) is 43.4 Å². The summed E-state index contributed by atoms with van der Waals surface area (Å²) in [5, 5.41) is 0.226. The summed E-state index contributed by atoms with van der Waals surface area (Å²) in [5.74, 6) is 1.21. The van der Waals surface area contributed by atoms with Crippen molar-refractivity contribution in [3.8, 4) is 0 Å². The third-order valence-corrected chi connectivity index (χ3v) is 2.76. The van der Waals surface area contributed by atoms with Gasteiger partial charge in [-0.25, -0.2) is 9.97 Å². The Bertz CT molecular complexity index is 407. The maximum Gasteiger partial charge on any atom is 0.156 e. The molecular weight excluding hydrogens is 238 g/mol. The lowest BCUT2D eigenvalue weighted by Gasteiger charge is -2.28. The van der Waals surface area contributed by atoms with Crippen LogP contribution in [0.15, 0.2) is 0 Å². The highest BCUT2D eigenvalue weighted by atomic mass is 35.5. The molecule has 94 valence electrons. The quantitative estimate of drug-likeness (QED) is 0.600. The zero-order valence-corrected chi connectivity index (χ0v) is 11.5. The Morgan fingerprint density at radius 1 is 1.41 bits per heavy atom. The first-order chi connectivity index (χ1) is 8.01. The molecule has 0 fully saturated rings. The molecule has 0 aliphatic rings. The molecule has 0 aromatic carbocycles. The molecule has 0 unspecified atom stereocenters. The highest BCUT2D eigenvalue weighted by molar-refractivity contribution is 6.32. The Hall–Kier alpha value is -1.16. The van der Waals surface area contributed by atoms with E-state index in [0.29, 0.717) is 17.2 Å². The minimum atomic E-state index is 0.226. The van der Waals surface area contributed by atoms with Crippen LogP contribution in [0, 0.1) is 6.92 Å². The number of aromatic nitrogens is 2. The molecule has 0 saturated heterocycles. The third kappa shape index (κ3) is 3.16. The Balaban J connectivity index is 3.30. The van der Waals surface area contributed by atoms with Crippen LogP contribution in [0.3, 0.4) is 0 Å². The normalized spacial score (nSPS) is 10.7. The first-order valence-electron chi connectivity index (χ1n) is 5.77. The van der Waals surface area contributed by atoms with Gasteiger partial charge >= 0.3 is 0 Å². The van der Waals surface area contributed by atoms with E-state index in [2.05, 4.69) is 35.6 Å². The van der Waals surface area contributed by atoms with Crippen LogP contribution < -0.4 is 4.90 Å². The van der Waals surface area contributed by atoms with E-state index in [0.717, 1.165) is 19.3 Å². The summed E-state index contributed by atoms with van der Waals surface area (Å²) in [6.45, 7) is 8.83. The molecule has 1 heterocycles. The molecule has 0 N–H and O–H groups in total. The second-order valence-electron chi connectivity index (χ2n) is 4.20. The second-order valence-corrected chi connectivity index (χ2v) is 4.56. The number of rotatable bonds is 5. The Labute approximate surface area is 107 Å². The molecule has 1 aromatic heterocycles. The number of anilines is 1. The van der Waals surface area contributed by atoms with Crippen molar-refractivity contribution >= 4 is 23.7 Å². The molecule has 0 bridgehead atoms. The van der Waals surface area contributed by atoms with Gasteiger partial charge in [-0.05, 0) is 27.2 Å². The van der Waals surface area contributed by atoms with E-state index in [-0.39, 0.29) is 11.2 Å². The van der Waals surface area contributed by atoms with Gasteiger partial charge in [0.1, 0.15) is 16.8 Å². The highest BCUT2D eigenvalue weighted by Crippen LogP contribution is 2.24. The Morgan fingerprint density at radius 3 is 2.53 bits per heavy atom. The number of halogens is 1. The average molecular weight is 256 g/mol. The first-order valence-corrected chi connectivity index (χ1v) is 6.15. The van der Waals surface area contributed by atoms with E-state index in [1.807, 2.05) is 0 Å². The number of nitrogens with zero attached hydrogens (tertiary/aromatic N) is 3. The fraction of sp³-hybridized carbons (Fsp3) is 0.583. The summed E-state index contributed by atoms with van der Waals surface area (Å²) in [4.78, 5) is 21.5. The van der Waals surface area contributed by atoms with Crippen LogP contribution in [-0.4, -0.2) is 28.8 Å². The molecule has 1 rings (SSSR count). The monoisotopic (exact) mass is 255 g/mol. The van der Waals surface area contributed by atoms with E-state index >= 15 is 0 Å². The summed E-state index contributed by atoms with van der Waals surface area (Å²) in [5.41, 5.74) is 0.374. The van der Waals surface area contributed by atoms with Gasteiger partial charge < -0.3 is 4.90 Å². The van der Waals surface area contributed by atoms with Gasteiger partial charge in [0, 0.05) is 12.6 Å². The lowest BCUT2D eigenvalue weighted by molar-refractivity contribution is 0.112. The number of hydrogen-bond donors (Lipinski definition) is 0. The summed E-state index contributed by atoms with van der Waals surface area (Å²) in [7, 11) is 0. The fourth-order valence-electron chi connectivity index (χ4n) is 1.70. The molecule has 0 atom stereocenters. The summed E-state index contributed by atoms with van der Waals surface area (Å²) >= 11 is 5.97. The van der Waals surface area contributed by atoms with Gasteiger partial charge in [0.15, 0.2) is 6.29 Å². The molecular formula is C12H18ClN3O. The van der Waals surface area contributed by atoms with Gasteiger partial charge in [0.05, 0.1) is 5.56 Å². The summed E-state index contributed by atoms with van der Waals surface area (Å²) in [6, 6.07) is 0.263. The highest BCUT2D eigenvalue weighted by Gasteiger charge is 2.18. The maximum atomic E-state index is 11.1. The van der Waals surface area contributed by atoms with Crippen molar-refractivity contribution in [2.45, 2.75) is 40.2 Å². The van der Waals surface area contributed by atoms with Crippen molar-refractivity contribution < 1.29 is 4.79 Å². The van der Waals surface area contributed by atoms with E-state index in [1.54, 1.807) is 6.92 Å². The van der Waals surface area contributed by atoms with Gasteiger partial charge in [-0.1, -0.05) is 18.5 Å². The van der Waals surface area contributed by atoms with Crippen LogP contribution in [0.5, 0.6) is 0 Å². The van der Waals surface area contributed by atoms with Crippen LogP contribution in [0.25, 0.3) is 0 Å². The smallest absolute Gasteiger partial charge is 0.156 e. The van der Waals surface area contributed by atoms with Crippen LogP contribution in [-0.2, 0) is 0 Å². The van der Waals surface area contributed by atoms with Crippen LogP contribution >= 0.6 is 11.6 Å². The zero-order chi connectivity index (χ0) is 13.0. The van der Waals surface area contributed by atoms with Gasteiger partial charge in [-0.3, -0.25) is 4.79 Å². The van der Waals surface area contributed by atoms with Crippen molar-refractivity contribution in [2.75, 3.05) is 11.4 Å². The van der Waals surface area contributed by atoms with Gasteiger partial charge in [0.2, 0.25) is 0 Å². The van der Waals surface area contributed by atoms with Gasteiger partial charge in [0.25, 0.3) is 0 Å². The number of hydrogen-bond acceptors (Lipinski definition) is 4. The molecule has 1 aromatic rings. The van der Waals surface area contributed by atoms with E-state index in [1.165, 1.54) is 0 Å². The second kappa shape index (κ2) is 5.96. The predicted octanol–water partition coefficient (Wildman–Crippen LogP) is 2.88. The van der Waals surface area contributed by atoms with Crippen molar-refractivity contribution in [3.63, 3.8) is 0 Å². The first kappa shape index (κ1) is 13.9. The topological polar surface area (TPSA) is 46.1 Å². The minimum absolute atomic E-state index is 0.226. The summed E-state index contributed by atoms with van der Waals surface area (Å²) < 4.78 is 0. The Morgan fingerprint density at radius 2 is 2.06 bits per heavy atom. The van der Waals surface area contributed by atoms with Crippen molar-refractivity contribution in [3.05, 3.63) is 16.5 Å². The molecule has 0 saturated carbocycles. The third-order valence-electron chi connectivity index (χ3n) is 2.47. The average Bonchev–Trinajstić information content (AvgIpc) is 2.24. The van der Waals surface area contributed by atoms with E-state index in [4.69, 9.17) is 11.6 Å². The molecule has 5 heteroatoms. The molecule has 0 spiro atoms. The maximum absolute atomic E-state index is 11.1. The van der Waals surface area contributed by atoms with Crippen molar-refractivity contribution in [1.29, 1.82) is 0 Å². The number of aldehydes is 1. The van der Waals surface area contributed by atoms with Crippen molar-refractivity contribution in [2.24, 2.45) is 0 Å². The number of carbonyl (C=O) groups excluding carboxylic acids is 1. The van der Waals surface area contributed by atoms with Crippen LogP contribution in [0.4, 0.5) is 5.82 Å².